The third-order valence-corrected chi connectivity index (χ3v) is 3.53. The van der Waals surface area contributed by atoms with E-state index >= 15 is 0 Å². The van der Waals surface area contributed by atoms with Gasteiger partial charge < -0.3 is 9.42 Å². The van der Waals surface area contributed by atoms with Crippen molar-refractivity contribution in [2.75, 3.05) is 7.05 Å². The zero-order valence-electron chi connectivity index (χ0n) is 12.4. The largest absolute Gasteiger partial charge is 0.337 e. The summed E-state index contributed by atoms with van der Waals surface area (Å²) >= 11 is 5.91. The lowest BCUT2D eigenvalue weighted by Crippen LogP contribution is -2.26. The number of carbonyl (C=O) groups excluding carboxylic acids is 1. The Hall–Kier alpha value is -2.66. The number of carbonyl (C=O) groups is 1. The summed E-state index contributed by atoms with van der Waals surface area (Å²) in [5, 5.41) is 4.46. The maximum Gasteiger partial charge on any atom is 0.254 e. The Labute approximate surface area is 138 Å². The van der Waals surface area contributed by atoms with E-state index in [2.05, 4.69) is 10.1 Å². The predicted molar refractivity (Wildman–Crippen MR) is 87.0 cm³/mol. The van der Waals surface area contributed by atoms with Crippen LogP contribution in [-0.4, -0.2) is 28.0 Å². The van der Waals surface area contributed by atoms with Crippen LogP contribution in [0.3, 0.4) is 0 Å². The van der Waals surface area contributed by atoms with Crippen LogP contribution in [0.2, 0.25) is 5.02 Å². The highest BCUT2D eigenvalue weighted by atomic mass is 35.5. The number of nitrogens with zero attached hydrogens (tertiary/aromatic N) is 3. The van der Waals surface area contributed by atoms with Crippen molar-refractivity contribution in [1.82, 2.24) is 15.0 Å². The Morgan fingerprint density at radius 3 is 2.70 bits per heavy atom. The van der Waals surface area contributed by atoms with Crippen molar-refractivity contribution in [3.8, 4) is 11.4 Å². The topological polar surface area (TPSA) is 59.2 Å². The van der Waals surface area contributed by atoms with Gasteiger partial charge in [-0.2, -0.15) is 4.98 Å². The summed E-state index contributed by atoms with van der Waals surface area (Å²) in [6.07, 6.45) is 0. The monoisotopic (exact) mass is 327 g/mol. The molecule has 0 saturated heterocycles. The zero-order valence-corrected chi connectivity index (χ0v) is 13.2. The summed E-state index contributed by atoms with van der Waals surface area (Å²) in [7, 11) is 1.68. The van der Waals surface area contributed by atoms with E-state index in [9.17, 15) is 4.79 Å². The Bertz CT molecular complexity index is 817. The van der Waals surface area contributed by atoms with Gasteiger partial charge in [-0.15, -0.1) is 0 Å². The van der Waals surface area contributed by atoms with Crippen LogP contribution in [0, 0.1) is 0 Å². The number of hydrogen-bond donors (Lipinski definition) is 0. The second-order valence-electron chi connectivity index (χ2n) is 5.05. The Morgan fingerprint density at radius 1 is 1.17 bits per heavy atom. The fourth-order valence-corrected chi connectivity index (χ4v) is 2.33. The predicted octanol–water partition coefficient (Wildman–Crippen LogP) is 3.66. The van der Waals surface area contributed by atoms with Gasteiger partial charge in [-0.25, -0.2) is 0 Å². The minimum Gasteiger partial charge on any atom is -0.337 e. The zero-order chi connectivity index (χ0) is 16.2. The molecule has 3 aromatic rings. The van der Waals surface area contributed by atoms with Crippen molar-refractivity contribution in [1.29, 1.82) is 0 Å². The van der Waals surface area contributed by atoms with E-state index in [0.29, 0.717) is 22.3 Å². The van der Waals surface area contributed by atoms with Crippen LogP contribution < -0.4 is 0 Å². The van der Waals surface area contributed by atoms with Gasteiger partial charge in [-0.1, -0.05) is 53.2 Å². The van der Waals surface area contributed by atoms with E-state index in [1.54, 1.807) is 31.3 Å². The Morgan fingerprint density at radius 2 is 1.96 bits per heavy atom. The van der Waals surface area contributed by atoms with Crippen LogP contribution in [0.1, 0.15) is 16.2 Å². The number of hydrogen-bond acceptors (Lipinski definition) is 4. The molecule has 0 aliphatic rings. The SMILES string of the molecule is CN(Cc1nc(-c2ccccc2)no1)C(=O)c1cccc(Cl)c1. The van der Waals surface area contributed by atoms with E-state index in [1.807, 2.05) is 30.3 Å². The highest BCUT2D eigenvalue weighted by Crippen LogP contribution is 2.17. The number of halogens is 1. The van der Waals surface area contributed by atoms with E-state index in [1.165, 1.54) is 4.90 Å². The van der Waals surface area contributed by atoms with Gasteiger partial charge >= 0.3 is 0 Å². The summed E-state index contributed by atoms with van der Waals surface area (Å²) < 4.78 is 5.22. The molecule has 0 spiro atoms. The molecule has 0 aliphatic heterocycles. The van der Waals surface area contributed by atoms with Crippen molar-refractivity contribution in [2.45, 2.75) is 6.54 Å². The first kappa shape index (κ1) is 15.2. The van der Waals surface area contributed by atoms with Gasteiger partial charge in [0.05, 0.1) is 6.54 Å². The molecule has 0 saturated carbocycles. The first-order chi connectivity index (χ1) is 11.1. The first-order valence-corrected chi connectivity index (χ1v) is 7.40. The highest BCUT2D eigenvalue weighted by Gasteiger charge is 2.16. The summed E-state index contributed by atoms with van der Waals surface area (Å²) in [6.45, 7) is 0.227. The van der Waals surface area contributed by atoms with Gasteiger partial charge in [0.1, 0.15) is 0 Å². The van der Waals surface area contributed by atoms with E-state index in [0.717, 1.165) is 5.56 Å². The fourth-order valence-electron chi connectivity index (χ4n) is 2.14. The number of amides is 1. The molecule has 6 heteroatoms. The molecular weight excluding hydrogens is 314 g/mol. The lowest BCUT2D eigenvalue weighted by atomic mass is 10.2. The van der Waals surface area contributed by atoms with Crippen molar-refractivity contribution >= 4 is 17.5 Å². The van der Waals surface area contributed by atoms with Crippen molar-refractivity contribution in [3.05, 3.63) is 71.1 Å². The number of aromatic nitrogens is 2. The summed E-state index contributed by atoms with van der Waals surface area (Å²) in [4.78, 5) is 18.2. The van der Waals surface area contributed by atoms with Crippen molar-refractivity contribution in [2.24, 2.45) is 0 Å². The van der Waals surface area contributed by atoms with E-state index in [-0.39, 0.29) is 12.5 Å². The van der Waals surface area contributed by atoms with Gasteiger partial charge in [0.15, 0.2) is 0 Å². The van der Waals surface area contributed by atoms with Gasteiger partial charge in [-0.05, 0) is 18.2 Å². The van der Waals surface area contributed by atoms with Crippen LogP contribution >= 0.6 is 11.6 Å². The minimum absolute atomic E-state index is 0.160. The van der Waals surface area contributed by atoms with E-state index < -0.39 is 0 Å². The molecule has 1 heterocycles. The first-order valence-electron chi connectivity index (χ1n) is 7.02. The number of benzene rings is 2. The van der Waals surface area contributed by atoms with Crippen LogP contribution in [0.5, 0.6) is 0 Å². The average Bonchev–Trinajstić information content (AvgIpc) is 3.03. The maximum atomic E-state index is 12.4. The molecule has 2 aromatic carbocycles. The van der Waals surface area contributed by atoms with Gasteiger partial charge in [0.25, 0.3) is 5.91 Å². The summed E-state index contributed by atoms with van der Waals surface area (Å²) in [6, 6.07) is 16.3. The third-order valence-electron chi connectivity index (χ3n) is 3.29. The third kappa shape index (κ3) is 3.57. The molecule has 0 unspecified atom stereocenters. The van der Waals surface area contributed by atoms with Crippen LogP contribution in [0.25, 0.3) is 11.4 Å². The van der Waals surface area contributed by atoms with Crippen molar-refractivity contribution < 1.29 is 9.32 Å². The van der Waals surface area contributed by atoms with Crippen LogP contribution in [-0.2, 0) is 6.54 Å². The van der Waals surface area contributed by atoms with E-state index in [4.69, 9.17) is 16.1 Å². The standard InChI is InChI=1S/C17H14ClN3O2/c1-21(17(22)13-8-5-9-14(18)10-13)11-15-19-16(20-23-15)12-6-3-2-4-7-12/h2-10H,11H2,1H3. The summed E-state index contributed by atoms with van der Waals surface area (Å²) in [5.41, 5.74) is 1.38. The lowest BCUT2D eigenvalue weighted by Gasteiger charge is -2.14. The highest BCUT2D eigenvalue weighted by molar-refractivity contribution is 6.30. The quantitative estimate of drug-likeness (QED) is 0.733. The molecule has 1 aromatic heterocycles. The second kappa shape index (κ2) is 6.62. The molecule has 0 bridgehead atoms. The molecule has 0 radical (unpaired) electrons. The van der Waals surface area contributed by atoms with Gasteiger partial charge in [0.2, 0.25) is 11.7 Å². The fraction of sp³-hybridized carbons (Fsp3) is 0.118. The second-order valence-corrected chi connectivity index (χ2v) is 5.49. The Balaban J connectivity index is 1.72. The molecule has 23 heavy (non-hydrogen) atoms. The molecular formula is C17H14ClN3O2. The summed E-state index contributed by atoms with van der Waals surface area (Å²) in [5.74, 6) is 0.720. The minimum atomic E-state index is -0.160. The van der Waals surface area contributed by atoms with Crippen LogP contribution in [0.4, 0.5) is 0 Å². The van der Waals surface area contributed by atoms with Gasteiger partial charge in [-0.3, -0.25) is 4.79 Å². The molecule has 3 rings (SSSR count). The Kier molecular flexibility index (Phi) is 4.39. The molecule has 116 valence electrons. The molecule has 5 nitrogen and oxygen atoms in total. The smallest absolute Gasteiger partial charge is 0.254 e. The average molecular weight is 328 g/mol. The molecule has 1 amide bonds. The molecule has 0 atom stereocenters. The molecule has 0 aliphatic carbocycles. The van der Waals surface area contributed by atoms with Crippen molar-refractivity contribution in [3.63, 3.8) is 0 Å². The molecule has 0 fully saturated rings. The molecule has 0 N–H and O–H groups in total. The van der Waals surface area contributed by atoms with Crippen LogP contribution in [0.15, 0.2) is 59.1 Å². The maximum absolute atomic E-state index is 12.4. The lowest BCUT2D eigenvalue weighted by molar-refractivity contribution is 0.0769. The number of rotatable bonds is 4. The normalized spacial score (nSPS) is 10.5. The van der Waals surface area contributed by atoms with Gasteiger partial charge in [0, 0.05) is 23.2 Å².